The number of rotatable bonds is 3. The number of carbonyl (C=O) groups is 1. The van der Waals surface area contributed by atoms with Crippen LogP contribution in [0.4, 0.5) is 0 Å². The molecule has 1 saturated heterocycles. The number of carbonyl (C=O) groups excluding carboxylic acids is 1. The third-order valence-electron chi connectivity index (χ3n) is 5.36. The highest BCUT2D eigenvalue weighted by molar-refractivity contribution is 7.09. The first-order valence-electron chi connectivity index (χ1n) is 9.86. The molecule has 146 valence electrons. The fraction of sp³-hybridized carbons (Fsp3) is 0.391. The van der Waals surface area contributed by atoms with Gasteiger partial charge in [0.25, 0.3) is 5.91 Å². The van der Waals surface area contributed by atoms with Crippen molar-refractivity contribution >= 4 is 28.0 Å². The van der Waals surface area contributed by atoms with Crippen LogP contribution in [0.5, 0.6) is 0 Å². The number of fused-ring (bicyclic) bond motifs is 1. The zero-order valence-corrected chi connectivity index (χ0v) is 17.6. The van der Waals surface area contributed by atoms with Crippen molar-refractivity contribution in [1.29, 1.82) is 0 Å². The van der Waals surface area contributed by atoms with E-state index in [0.29, 0.717) is 0 Å². The van der Waals surface area contributed by atoms with Gasteiger partial charge < -0.3 is 4.90 Å². The highest BCUT2D eigenvalue weighted by atomic mass is 32.1. The van der Waals surface area contributed by atoms with Gasteiger partial charge in [0.15, 0.2) is 0 Å². The van der Waals surface area contributed by atoms with Crippen molar-refractivity contribution in [2.75, 3.05) is 26.2 Å². The summed E-state index contributed by atoms with van der Waals surface area (Å²) in [4.78, 5) is 22.3. The zero-order chi connectivity index (χ0) is 19.7. The molecule has 28 heavy (non-hydrogen) atoms. The van der Waals surface area contributed by atoms with Gasteiger partial charge in [0, 0.05) is 42.5 Å². The Morgan fingerprint density at radius 1 is 1.04 bits per heavy atom. The van der Waals surface area contributed by atoms with Crippen LogP contribution in [0.15, 0.2) is 47.8 Å². The number of benzene rings is 2. The molecule has 5 heteroatoms. The smallest absolute Gasteiger partial charge is 0.254 e. The molecule has 2 aromatic carbocycles. The van der Waals surface area contributed by atoms with Gasteiger partial charge in [0.2, 0.25) is 0 Å². The maximum atomic E-state index is 13.1. The van der Waals surface area contributed by atoms with Crippen molar-refractivity contribution in [3.05, 3.63) is 64.1 Å². The molecule has 4 rings (SSSR count). The second kappa shape index (κ2) is 7.64. The van der Waals surface area contributed by atoms with E-state index in [-0.39, 0.29) is 11.3 Å². The molecule has 0 atom stereocenters. The highest BCUT2D eigenvalue weighted by Crippen LogP contribution is 2.25. The Hall–Kier alpha value is -2.24. The first-order chi connectivity index (χ1) is 13.4. The fourth-order valence-corrected chi connectivity index (χ4v) is 4.67. The van der Waals surface area contributed by atoms with Gasteiger partial charge >= 0.3 is 0 Å². The fourth-order valence-electron chi connectivity index (χ4n) is 3.61. The van der Waals surface area contributed by atoms with E-state index in [1.807, 2.05) is 35.2 Å². The van der Waals surface area contributed by atoms with Gasteiger partial charge in [-0.25, -0.2) is 4.98 Å². The largest absolute Gasteiger partial charge is 0.336 e. The lowest BCUT2D eigenvalue weighted by atomic mass is 9.93. The minimum absolute atomic E-state index is 0.0956. The summed E-state index contributed by atoms with van der Waals surface area (Å²) in [5, 5.41) is 5.49. The van der Waals surface area contributed by atoms with E-state index < -0.39 is 0 Å². The quantitative estimate of drug-likeness (QED) is 0.655. The molecular weight excluding hydrogens is 366 g/mol. The average Bonchev–Trinajstić information content (AvgIpc) is 3.17. The first-order valence-corrected chi connectivity index (χ1v) is 10.7. The van der Waals surface area contributed by atoms with E-state index in [1.54, 1.807) is 11.3 Å². The van der Waals surface area contributed by atoms with Gasteiger partial charge in [0.1, 0.15) is 5.01 Å². The summed E-state index contributed by atoms with van der Waals surface area (Å²) in [7, 11) is 0. The van der Waals surface area contributed by atoms with E-state index in [4.69, 9.17) is 4.98 Å². The molecule has 1 amide bonds. The van der Waals surface area contributed by atoms with Crippen LogP contribution in [0.25, 0.3) is 10.8 Å². The molecule has 1 aliphatic rings. The number of nitrogens with zero attached hydrogens (tertiary/aromatic N) is 3. The minimum Gasteiger partial charge on any atom is -0.336 e. The molecular formula is C23H27N3OS. The molecule has 0 N–H and O–H groups in total. The second-order valence-electron chi connectivity index (χ2n) is 8.47. The molecule has 1 aromatic heterocycles. The van der Waals surface area contributed by atoms with E-state index >= 15 is 0 Å². The molecule has 2 heterocycles. The number of hydrogen-bond donors (Lipinski definition) is 0. The lowest BCUT2D eigenvalue weighted by molar-refractivity contribution is 0.0630. The third kappa shape index (κ3) is 3.96. The van der Waals surface area contributed by atoms with Gasteiger partial charge in [0.05, 0.1) is 12.2 Å². The maximum Gasteiger partial charge on any atom is 0.254 e. The lowest BCUT2D eigenvalue weighted by Crippen LogP contribution is -2.48. The van der Waals surface area contributed by atoms with E-state index in [2.05, 4.69) is 43.2 Å². The Kier molecular flexibility index (Phi) is 5.21. The maximum absolute atomic E-state index is 13.1. The van der Waals surface area contributed by atoms with Crippen molar-refractivity contribution in [1.82, 2.24) is 14.8 Å². The van der Waals surface area contributed by atoms with Gasteiger partial charge in [-0.1, -0.05) is 57.2 Å². The molecule has 0 bridgehead atoms. The summed E-state index contributed by atoms with van der Waals surface area (Å²) < 4.78 is 0. The minimum atomic E-state index is 0.0956. The van der Waals surface area contributed by atoms with Crippen molar-refractivity contribution in [2.45, 2.75) is 32.7 Å². The predicted octanol–water partition coefficient (Wildman–Crippen LogP) is 4.55. The molecule has 3 aromatic rings. The molecule has 0 radical (unpaired) electrons. The Morgan fingerprint density at radius 3 is 2.46 bits per heavy atom. The number of hydrogen-bond acceptors (Lipinski definition) is 4. The van der Waals surface area contributed by atoms with Crippen LogP contribution < -0.4 is 0 Å². The van der Waals surface area contributed by atoms with Crippen LogP contribution in [0, 0.1) is 0 Å². The van der Waals surface area contributed by atoms with Crippen molar-refractivity contribution in [2.24, 2.45) is 0 Å². The Labute approximate surface area is 170 Å². The lowest BCUT2D eigenvalue weighted by Gasteiger charge is -2.34. The van der Waals surface area contributed by atoms with Crippen LogP contribution in [-0.2, 0) is 12.0 Å². The molecule has 0 spiro atoms. The second-order valence-corrected chi connectivity index (χ2v) is 9.41. The molecule has 0 unspecified atom stereocenters. The summed E-state index contributed by atoms with van der Waals surface area (Å²) in [6.45, 7) is 10.8. The Balaban J connectivity index is 1.40. The highest BCUT2D eigenvalue weighted by Gasteiger charge is 2.24. The molecule has 0 aliphatic carbocycles. The normalized spacial score (nSPS) is 15.9. The predicted molar refractivity (Wildman–Crippen MR) is 116 cm³/mol. The van der Waals surface area contributed by atoms with E-state index in [0.717, 1.165) is 54.8 Å². The zero-order valence-electron chi connectivity index (χ0n) is 16.8. The van der Waals surface area contributed by atoms with Crippen LogP contribution in [0.1, 0.15) is 41.8 Å². The number of aromatic nitrogens is 1. The first kappa shape index (κ1) is 19.1. The van der Waals surface area contributed by atoms with Crippen LogP contribution in [0.2, 0.25) is 0 Å². The Morgan fingerprint density at radius 2 is 1.75 bits per heavy atom. The van der Waals surface area contributed by atoms with Crippen molar-refractivity contribution < 1.29 is 4.79 Å². The van der Waals surface area contributed by atoms with Gasteiger partial charge in [-0.3, -0.25) is 9.69 Å². The van der Waals surface area contributed by atoms with Gasteiger partial charge in [-0.15, -0.1) is 11.3 Å². The van der Waals surface area contributed by atoms with Crippen molar-refractivity contribution in [3.8, 4) is 0 Å². The summed E-state index contributed by atoms with van der Waals surface area (Å²) >= 11 is 1.74. The average molecular weight is 394 g/mol. The molecule has 1 fully saturated rings. The summed E-state index contributed by atoms with van der Waals surface area (Å²) in [6, 6.07) is 14.1. The van der Waals surface area contributed by atoms with Gasteiger partial charge in [-0.05, 0) is 16.8 Å². The number of amides is 1. The van der Waals surface area contributed by atoms with Crippen LogP contribution >= 0.6 is 11.3 Å². The summed E-state index contributed by atoms with van der Waals surface area (Å²) in [5.74, 6) is 0.140. The molecule has 1 aliphatic heterocycles. The van der Waals surface area contributed by atoms with Crippen molar-refractivity contribution in [3.63, 3.8) is 0 Å². The standard InChI is InChI=1S/C23H27N3OS/c1-23(2,3)20-16-28-21(24-20)15-25-11-13-26(14-12-25)22(27)19-10-6-8-17-7-4-5-9-18(17)19/h4-10,16H,11-15H2,1-3H3. The van der Waals surface area contributed by atoms with Crippen LogP contribution in [0.3, 0.4) is 0 Å². The summed E-state index contributed by atoms with van der Waals surface area (Å²) in [5.41, 5.74) is 2.07. The van der Waals surface area contributed by atoms with E-state index in [1.165, 1.54) is 5.01 Å². The third-order valence-corrected chi connectivity index (χ3v) is 6.19. The van der Waals surface area contributed by atoms with Crippen LogP contribution in [-0.4, -0.2) is 46.9 Å². The topological polar surface area (TPSA) is 36.4 Å². The Bertz CT molecular complexity index is 975. The number of piperazine rings is 1. The SMILES string of the molecule is CC(C)(C)c1csc(CN2CCN(C(=O)c3cccc4ccccc34)CC2)n1. The monoisotopic (exact) mass is 393 g/mol. The molecule has 4 nitrogen and oxygen atoms in total. The molecule has 0 saturated carbocycles. The van der Waals surface area contributed by atoms with Gasteiger partial charge in [-0.2, -0.15) is 0 Å². The summed E-state index contributed by atoms with van der Waals surface area (Å²) in [6.07, 6.45) is 0. The number of thiazole rings is 1. The van der Waals surface area contributed by atoms with E-state index in [9.17, 15) is 4.79 Å².